The van der Waals surface area contributed by atoms with Crippen molar-refractivity contribution in [2.75, 3.05) is 20.3 Å². The van der Waals surface area contributed by atoms with E-state index in [0.717, 1.165) is 27.9 Å². The Labute approximate surface area is 164 Å². The van der Waals surface area contributed by atoms with E-state index in [1.165, 1.54) is 0 Å². The average Bonchev–Trinajstić information content (AvgIpc) is 2.74. The van der Waals surface area contributed by atoms with E-state index in [1.807, 2.05) is 73.3 Å². The minimum absolute atomic E-state index is 0.0241. The summed E-state index contributed by atoms with van der Waals surface area (Å²) < 4.78 is 10.9. The van der Waals surface area contributed by atoms with Gasteiger partial charge >= 0.3 is 0 Å². The molecule has 0 spiro atoms. The lowest BCUT2D eigenvalue weighted by Gasteiger charge is -2.37. The lowest BCUT2D eigenvalue weighted by molar-refractivity contribution is -0.0386. The van der Waals surface area contributed by atoms with Crippen molar-refractivity contribution in [3.63, 3.8) is 0 Å². The van der Waals surface area contributed by atoms with Crippen molar-refractivity contribution < 1.29 is 14.3 Å². The highest BCUT2D eigenvalue weighted by Gasteiger charge is 2.29. The molecule has 4 rings (SSSR count). The number of hydrogen-bond donors (Lipinski definition) is 0. The molecule has 1 fully saturated rings. The first-order chi connectivity index (χ1) is 13.6. The third-order valence-electron chi connectivity index (χ3n) is 5.20. The number of carbonyl (C=O) groups excluding carboxylic acids is 1. The molecule has 2 atom stereocenters. The summed E-state index contributed by atoms with van der Waals surface area (Å²) in [5, 5.41) is 0.871. The Morgan fingerprint density at radius 1 is 1.14 bits per heavy atom. The Balaban J connectivity index is 1.81. The van der Waals surface area contributed by atoms with Crippen molar-refractivity contribution in [3.05, 3.63) is 60.2 Å². The summed E-state index contributed by atoms with van der Waals surface area (Å²) in [6.07, 6.45) is 0.0364. The summed E-state index contributed by atoms with van der Waals surface area (Å²) >= 11 is 0. The molecule has 1 aliphatic heterocycles. The quantitative estimate of drug-likeness (QED) is 0.689. The summed E-state index contributed by atoms with van der Waals surface area (Å²) in [4.78, 5) is 20.2. The number of pyridine rings is 1. The molecule has 0 saturated carbocycles. The number of benzene rings is 2. The van der Waals surface area contributed by atoms with Gasteiger partial charge < -0.3 is 14.4 Å². The van der Waals surface area contributed by atoms with Crippen LogP contribution in [-0.4, -0.2) is 48.2 Å². The molecule has 3 aromatic rings. The van der Waals surface area contributed by atoms with Gasteiger partial charge in [0.15, 0.2) is 0 Å². The van der Waals surface area contributed by atoms with Gasteiger partial charge in [-0.2, -0.15) is 0 Å². The summed E-state index contributed by atoms with van der Waals surface area (Å²) in [5.74, 6) is 0.813. The lowest BCUT2D eigenvalue weighted by atomic mass is 10.0. The van der Waals surface area contributed by atoms with Crippen molar-refractivity contribution in [1.82, 2.24) is 9.88 Å². The van der Waals surface area contributed by atoms with Gasteiger partial charge in [0.05, 0.1) is 42.6 Å². The third-order valence-corrected chi connectivity index (χ3v) is 5.20. The number of methoxy groups -OCH3 is 1. The molecule has 0 N–H and O–H groups in total. The summed E-state index contributed by atoms with van der Waals surface area (Å²) in [7, 11) is 1.64. The van der Waals surface area contributed by atoms with E-state index in [-0.39, 0.29) is 18.1 Å². The SMILES string of the molecule is COc1ccc(-c2cc(C(=O)N3CC(C)OCC3C)c3ccccc3n2)cc1. The highest BCUT2D eigenvalue weighted by atomic mass is 16.5. The molecular formula is C23H24N2O3. The maximum absolute atomic E-state index is 13.5. The molecule has 1 saturated heterocycles. The van der Waals surface area contributed by atoms with E-state index in [9.17, 15) is 4.79 Å². The number of carbonyl (C=O) groups is 1. The Hall–Kier alpha value is -2.92. The smallest absolute Gasteiger partial charge is 0.255 e. The highest BCUT2D eigenvalue weighted by Crippen LogP contribution is 2.28. The molecule has 0 aliphatic carbocycles. The second-order valence-electron chi connectivity index (χ2n) is 7.25. The maximum Gasteiger partial charge on any atom is 0.255 e. The van der Waals surface area contributed by atoms with Crippen molar-refractivity contribution in [2.45, 2.75) is 26.0 Å². The largest absolute Gasteiger partial charge is 0.497 e. The third kappa shape index (κ3) is 3.45. The zero-order valence-electron chi connectivity index (χ0n) is 16.4. The molecule has 0 radical (unpaired) electrons. The standard InChI is InChI=1S/C23H24N2O3/c1-15-14-28-16(2)13-25(15)23(26)20-12-22(17-8-10-18(27-3)11-9-17)24-21-7-5-4-6-19(20)21/h4-12,15-16H,13-14H2,1-3H3. The molecular weight excluding hydrogens is 352 g/mol. The average molecular weight is 376 g/mol. The topological polar surface area (TPSA) is 51.7 Å². The van der Waals surface area contributed by atoms with Gasteiger partial charge in [-0.15, -0.1) is 0 Å². The summed E-state index contributed by atoms with van der Waals surface area (Å²) in [5.41, 5.74) is 3.22. The van der Waals surface area contributed by atoms with Crippen LogP contribution in [0.1, 0.15) is 24.2 Å². The fraction of sp³-hybridized carbons (Fsp3) is 0.304. The van der Waals surface area contributed by atoms with E-state index in [0.29, 0.717) is 18.7 Å². The molecule has 144 valence electrons. The van der Waals surface area contributed by atoms with E-state index in [4.69, 9.17) is 14.5 Å². The molecule has 2 unspecified atom stereocenters. The van der Waals surface area contributed by atoms with Crippen LogP contribution < -0.4 is 4.74 Å². The minimum Gasteiger partial charge on any atom is -0.497 e. The summed E-state index contributed by atoms with van der Waals surface area (Å²) in [6, 6.07) is 17.5. The second-order valence-corrected chi connectivity index (χ2v) is 7.25. The predicted molar refractivity (Wildman–Crippen MR) is 110 cm³/mol. The van der Waals surface area contributed by atoms with Crippen LogP contribution in [0.4, 0.5) is 0 Å². The van der Waals surface area contributed by atoms with Crippen LogP contribution in [0.5, 0.6) is 5.75 Å². The summed E-state index contributed by atoms with van der Waals surface area (Å²) in [6.45, 7) is 5.17. The zero-order chi connectivity index (χ0) is 19.7. The Morgan fingerprint density at radius 2 is 1.89 bits per heavy atom. The molecule has 28 heavy (non-hydrogen) atoms. The van der Waals surface area contributed by atoms with E-state index in [1.54, 1.807) is 7.11 Å². The van der Waals surface area contributed by atoms with Crippen LogP contribution in [0, 0.1) is 0 Å². The first kappa shape index (κ1) is 18.4. The number of hydrogen-bond acceptors (Lipinski definition) is 4. The Morgan fingerprint density at radius 3 is 2.64 bits per heavy atom. The van der Waals surface area contributed by atoms with Crippen molar-refractivity contribution in [2.24, 2.45) is 0 Å². The molecule has 5 heteroatoms. The molecule has 1 aromatic heterocycles. The zero-order valence-corrected chi connectivity index (χ0v) is 16.4. The number of fused-ring (bicyclic) bond motifs is 1. The number of rotatable bonds is 3. The first-order valence-corrected chi connectivity index (χ1v) is 9.53. The number of amides is 1. The number of aromatic nitrogens is 1. The van der Waals surface area contributed by atoms with Gasteiger partial charge in [-0.05, 0) is 50.2 Å². The van der Waals surface area contributed by atoms with Crippen molar-refractivity contribution >= 4 is 16.8 Å². The van der Waals surface area contributed by atoms with Gasteiger partial charge in [-0.25, -0.2) is 4.98 Å². The Bertz CT molecular complexity index is 1000. The highest BCUT2D eigenvalue weighted by molar-refractivity contribution is 6.07. The molecule has 5 nitrogen and oxygen atoms in total. The van der Waals surface area contributed by atoms with Crippen molar-refractivity contribution in [1.29, 1.82) is 0 Å². The molecule has 1 aliphatic rings. The predicted octanol–water partition coefficient (Wildman–Crippen LogP) is 4.16. The Kier molecular flexibility index (Phi) is 5.01. The number of nitrogens with zero attached hydrogens (tertiary/aromatic N) is 2. The van der Waals surface area contributed by atoms with Gasteiger partial charge in [0.25, 0.3) is 5.91 Å². The number of ether oxygens (including phenoxy) is 2. The fourth-order valence-corrected chi connectivity index (χ4v) is 3.60. The van der Waals surface area contributed by atoms with Crippen LogP contribution >= 0.6 is 0 Å². The van der Waals surface area contributed by atoms with Crippen LogP contribution in [0.2, 0.25) is 0 Å². The monoisotopic (exact) mass is 376 g/mol. The maximum atomic E-state index is 13.5. The van der Waals surface area contributed by atoms with Gasteiger partial charge in [-0.1, -0.05) is 18.2 Å². The first-order valence-electron chi connectivity index (χ1n) is 9.53. The number of morpholine rings is 1. The number of para-hydroxylation sites is 1. The van der Waals surface area contributed by atoms with Crippen LogP contribution in [0.15, 0.2) is 54.6 Å². The minimum atomic E-state index is 0.0241. The van der Waals surface area contributed by atoms with E-state index >= 15 is 0 Å². The van der Waals surface area contributed by atoms with Gasteiger partial charge in [0.1, 0.15) is 5.75 Å². The van der Waals surface area contributed by atoms with Crippen LogP contribution in [-0.2, 0) is 4.74 Å². The van der Waals surface area contributed by atoms with E-state index < -0.39 is 0 Å². The van der Waals surface area contributed by atoms with Gasteiger partial charge in [0, 0.05) is 17.5 Å². The normalized spacial score (nSPS) is 19.6. The van der Waals surface area contributed by atoms with Crippen molar-refractivity contribution in [3.8, 4) is 17.0 Å². The molecule has 2 aromatic carbocycles. The van der Waals surface area contributed by atoms with Gasteiger partial charge in [-0.3, -0.25) is 4.79 Å². The van der Waals surface area contributed by atoms with E-state index in [2.05, 4.69) is 0 Å². The lowest BCUT2D eigenvalue weighted by Crippen LogP contribution is -2.50. The molecule has 1 amide bonds. The second kappa shape index (κ2) is 7.60. The fourth-order valence-electron chi connectivity index (χ4n) is 3.60. The molecule has 0 bridgehead atoms. The van der Waals surface area contributed by atoms with Crippen LogP contribution in [0.3, 0.4) is 0 Å². The molecule has 2 heterocycles. The van der Waals surface area contributed by atoms with Crippen LogP contribution in [0.25, 0.3) is 22.2 Å². The van der Waals surface area contributed by atoms with Gasteiger partial charge in [0.2, 0.25) is 0 Å².